The van der Waals surface area contributed by atoms with Gasteiger partial charge >= 0.3 is 5.97 Å². The molecule has 4 N–H and O–H groups in total. The second kappa shape index (κ2) is 4.10. The molecule has 0 heterocycles. The Hall–Kier alpha value is -0.610. The minimum atomic E-state index is -0.808. The van der Waals surface area contributed by atoms with Gasteiger partial charge in [-0.15, -0.1) is 0 Å². The van der Waals surface area contributed by atoms with Crippen molar-refractivity contribution < 1.29 is 15.0 Å². The number of hydrogen-bond acceptors (Lipinski definition) is 3. The van der Waals surface area contributed by atoms with E-state index in [9.17, 15) is 15.0 Å². The summed E-state index contributed by atoms with van der Waals surface area (Å²) in [5.74, 6) is -0.798. The van der Waals surface area contributed by atoms with Crippen LogP contribution < -0.4 is 5.73 Å². The number of carbonyl (C=O) groups is 1. The predicted octanol–water partition coefficient (Wildman–Crippen LogP) is 0.977. The van der Waals surface area contributed by atoms with Crippen LogP contribution in [0.4, 0.5) is 0 Å². The van der Waals surface area contributed by atoms with Gasteiger partial charge in [-0.25, -0.2) is 0 Å². The van der Waals surface area contributed by atoms with Crippen LogP contribution in [0.25, 0.3) is 0 Å². The molecule has 4 nitrogen and oxygen atoms in total. The fraction of sp³-hybridized carbons (Fsp3) is 0.909. The number of hydrogen-bond donors (Lipinski definition) is 3. The molecule has 88 valence electrons. The summed E-state index contributed by atoms with van der Waals surface area (Å²) in [4.78, 5) is 11.4. The maximum absolute atomic E-state index is 11.4. The summed E-state index contributed by atoms with van der Waals surface area (Å²) >= 11 is 0. The third-order valence-corrected chi connectivity index (χ3v) is 3.98. The van der Waals surface area contributed by atoms with Crippen LogP contribution >= 0.6 is 0 Å². The van der Waals surface area contributed by atoms with Crippen molar-refractivity contribution in [3.63, 3.8) is 0 Å². The van der Waals surface area contributed by atoms with Crippen LogP contribution in [0.1, 0.15) is 39.5 Å². The highest BCUT2D eigenvalue weighted by molar-refractivity contribution is 5.76. The molecule has 0 saturated heterocycles. The minimum Gasteiger partial charge on any atom is -0.481 e. The van der Waals surface area contributed by atoms with Gasteiger partial charge in [0.15, 0.2) is 0 Å². The Morgan fingerprint density at radius 1 is 1.47 bits per heavy atom. The first-order valence-electron chi connectivity index (χ1n) is 5.45. The van der Waals surface area contributed by atoms with Gasteiger partial charge in [0, 0.05) is 18.1 Å². The number of nitrogens with two attached hydrogens (primary N) is 1. The summed E-state index contributed by atoms with van der Waals surface area (Å²) in [5, 5.41) is 18.7. The third kappa shape index (κ3) is 2.01. The van der Waals surface area contributed by atoms with Crippen LogP contribution in [0.15, 0.2) is 0 Å². The second-order valence-corrected chi connectivity index (χ2v) is 5.27. The van der Waals surface area contributed by atoms with Crippen LogP contribution in [0, 0.1) is 10.8 Å². The molecule has 0 aromatic carbocycles. The molecule has 1 aliphatic rings. The van der Waals surface area contributed by atoms with Gasteiger partial charge in [-0.2, -0.15) is 0 Å². The van der Waals surface area contributed by atoms with E-state index in [-0.39, 0.29) is 12.6 Å². The highest BCUT2D eigenvalue weighted by Gasteiger charge is 2.52. The summed E-state index contributed by atoms with van der Waals surface area (Å²) in [5.41, 5.74) is 4.39. The number of carboxylic acid groups (broad SMARTS) is 1. The number of aliphatic carboxylic acids is 1. The molecule has 0 aromatic heterocycles. The Balaban J connectivity index is 2.95. The summed E-state index contributed by atoms with van der Waals surface area (Å²) in [6, 6.07) is 0.118. The lowest BCUT2D eigenvalue weighted by Gasteiger charge is -2.46. The first-order chi connectivity index (χ1) is 6.85. The van der Waals surface area contributed by atoms with Crippen molar-refractivity contribution in [2.75, 3.05) is 6.61 Å². The molecular formula is C11H21NO3. The molecule has 0 radical (unpaired) electrons. The quantitative estimate of drug-likeness (QED) is 0.655. The van der Waals surface area contributed by atoms with Crippen LogP contribution in [0.3, 0.4) is 0 Å². The topological polar surface area (TPSA) is 83.5 Å². The SMILES string of the molecule is CC(C)(CO)C1(C(=O)O)CCC(N)CC1. The van der Waals surface area contributed by atoms with Crippen molar-refractivity contribution in [2.45, 2.75) is 45.6 Å². The number of carboxylic acids is 1. The molecule has 15 heavy (non-hydrogen) atoms. The smallest absolute Gasteiger partial charge is 0.310 e. The van der Waals surface area contributed by atoms with Gasteiger partial charge < -0.3 is 15.9 Å². The fourth-order valence-corrected chi connectivity index (χ4v) is 2.46. The predicted molar refractivity (Wildman–Crippen MR) is 57.4 cm³/mol. The van der Waals surface area contributed by atoms with E-state index in [0.717, 1.165) is 12.8 Å². The zero-order valence-electron chi connectivity index (χ0n) is 9.49. The molecule has 4 heteroatoms. The Kier molecular flexibility index (Phi) is 3.41. The highest BCUT2D eigenvalue weighted by atomic mass is 16.4. The van der Waals surface area contributed by atoms with Crippen molar-refractivity contribution in [1.82, 2.24) is 0 Å². The molecule has 1 aliphatic carbocycles. The maximum atomic E-state index is 11.4. The summed E-state index contributed by atoms with van der Waals surface area (Å²) in [6.45, 7) is 3.53. The van der Waals surface area contributed by atoms with E-state index in [1.807, 2.05) is 13.8 Å². The third-order valence-electron chi connectivity index (χ3n) is 3.98. The van der Waals surface area contributed by atoms with E-state index in [1.165, 1.54) is 0 Å². The maximum Gasteiger partial charge on any atom is 0.310 e. The van der Waals surface area contributed by atoms with Crippen molar-refractivity contribution >= 4 is 5.97 Å². The highest BCUT2D eigenvalue weighted by Crippen LogP contribution is 2.49. The molecule has 0 unspecified atom stereocenters. The Morgan fingerprint density at radius 3 is 2.27 bits per heavy atom. The lowest BCUT2D eigenvalue weighted by Crippen LogP contribution is -2.50. The molecule has 1 fully saturated rings. The minimum absolute atomic E-state index is 0.103. The van der Waals surface area contributed by atoms with Gasteiger partial charge in [-0.05, 0) is 25.7 Å². The van der Waals surface area contributed by atoms with Crippen LogP contribution in [-0.4, -0.2) is 28.8 Å². The molecule has 0 bridgehead atoms. The number of aliphatic hydroxyl groups is 1. The standard InChI is InChI=1S/C11H21NO3/c1-10(2,7-13)11(9(14)15)5-3-8(12)4-6-11/h8,13H,3-7,12H2,1-2H3,(H,14,15). The molecule has 0 aliphatic heterocycles. The first-order valence-corrected chi connectivity index (χ1v) is 5.45. The summed E-state index contributed by atoms with van der Waals surface area (Å²) in [7, 11) is 0. The van der Waals surface area contributed by atoms with Gasteiger partial charge in [0.05, 0.1) is 5.41 Å². The van der Waals surface area contributed by atoms with Crippen LogP contribution in [0.5, 0.6) is 0 Å². The van der Waals surface area contributed by atoms with E-state index in [1.54, 1.807) is 0 Å². The number of aliphatic hydroxyl groups excluding tert-OH is 1. The fourth-order valence-electron chi connectivity index (χ4n) is 2.46. The van der Waals surface area contributed by atoms with Gasteiger partial charge in [-0.3, -0.25) is 4.79 Å². The van der Waals surface area contributed by atoms with Crippen molar-refractivity contribution in [3.8, 4) is 0 Å². The molecule has 1 rings (SSSR count). The Bertz CT molecular complexity index is 242. The first kappa shape index (κ1) is 12.5. The van der Waals surface area contributed by atoms with Crippen molar-refractivity contribution in [2.24, 2.45) is 16.6 Å². The van der Waals surface area contributed by atoms with Gasteiger partial charge in [0.1, 0.15) is 0 Å². The van der Waals surface area contributed by atoms with Crippen molar-refractivity contribution in [1.29, 1.82) is 0 Å². The zero-order chi connectivity index (χ0) is 11.7. The zero-order valence-corrected chi connectivity index (χ0v) is 9.49. The normalized spacial score (nSPS) is 32.7. The number of rotatable bonds is 3. The summed E-state index contributed by atoms with van der Waals surface area (Å²) in [6.07, 6.45) is 2.60. The van der Waals surface area contributed by atoms with Crippen LogP contribution in [0.2, 0.25) is 0 Å². The summed E-state index contributed by atoms with van der Waals surface area (Å²) < 4.78 is 0. The molecular weight excluding hydrogens is 194 g/mol. The molecule has 0 aromatic rings. The van der Waals surface area contributed by atoms with Crippen LogP contribution in [-0.2, 0) is 4.79 Å². The Labute approximate surface area is 90.5 Å². The average Bonchev–Trinajstić information content (AvgIpc) is 2.18. The van der Waals surface area contributed by atoms with E-state index in [2.05, 4.69) is 0 Å². The molecule has 0 amide bonds. The molecule has 0 atom stereocenters. The second-order valence-electron chi connectivity index (χ2n) is 5.27. The largest absolute Gasteiger partial charge is 0.481 e. The van der Waals surface area contributed by atoms with E-state index in [4.69, 9.17) is 5.73 Å². The lowest BCUT2D eigenvalue weighted by molar-refractivity contribution is -0.163. The van der Waals surface area contributed by atoms with E-state index >= 15 is 0 Å². The van der Waals surface area contributed by atoms with E-state index < -0.39 is 16.8 Å². The van der Waals surface area contributed by atoms with Gasteiger partial charge in [0.2, 0.25) is 0 Å². The van der Waals surface area contributed by atoms with Gasteiger partial charge in [-0.1, -0.05) is 13.8 Å². The monoisotopic (exact) mass is 215 g/mol. The molecule has 0 spiro atoms. The Morgan fingerprint density at radius 2 is 1.93 bits per heavy atom. The van der Waals surface area contributed by atoms with Crippen molar-refractivity contribution in [3.05, 3.63) is 0 Å². The lowest BCUT2D eigenvalue weighted by atomic mass is 9.58. The molecule has 1 saturated carbocycles. The van der Waals surface area contributed by atoms with Gasteiger partial charge in [0.25, 0.3) is 0 Å². The average molecular weight is 215 g/mol. The van der Waals surface area contributed by atoms with E-state index in [0.29, 0.717) is 12.8 Å².